The summed E-state index contributed by atoms with van der Waals surface area (Å²) in [4.78, 5) is 30.4. The van der Waals surface area contributed by atoms with E-state index >= 15 is 0 Å². The molecule has 7 rings (SSSR count). The average molecular weight is 586 g/mol. The summed E-state index contributed by atoms with van der Waals surface area (Å²) in [5.41, 5.74) is -2.56. The third kappa shape index (κ3) is 3.19. The highest BCUT2D eigenvalue weighted by Crippen LogP contribution is 2.78. The molecule has 2 N–H and O–H groups in total. The van der Waals surface area contributed by atoms with Gasteiger partial charge in [-0.2, -0.15) is 0 Å². The number of esters is 1. The molecule has 42 heavy (non-hydrogen) atoms. The van der Waals surface area contributed by atoms with Gasteiger partial charge in [0, 0.05) is 81.9 Å². The van der Waals surface area contributed by atoms with Crippen LogP contribution in [0.3, 0.4) is 0 Å². The Morgan fingerprint density at radius 2 is 1.81 bits per heavy atom. The molecule has 10 nitrogen and oxygen atoms in total. The molecule has 0 aromatic heterocycles. The molecule has 7 bridgehead atoms. The summed E-state index contributed by atoms with van der Waals surface area (Å²) in [5, 5.41) is 24.4. The van der Waals surface area contributed by atoms with Crippen LogP contribution in [0.15, 0.2) is 30.3 Å². The second-order valence-corrected chi connectivity index (χ2v) is 13.5. The second kappa shape index (κ2) is 9.79. The van der Waals surface area contributed by atoms with Crippen LogP contribution in [0.2, 0.25) is 0 Å². The fourth-order valence-electron chi connectivity index (χ4n) is 11.7. The van der Waals surface area contributed by atoms with Gasteiger partial charge in [0.05, 0.1) is 30.5 Å². The van der Waals surface area contributed by atoms with Gasteiger partial charge in [-0.05, 0) is 31.0 Å². The zero-order chi connectivity index (χ0) is 29.8. The molecule has 1 aromatic rings. The van der Waals surface area contributed by atoms with Gasteiger partial charge in [-0.15, -0.1) is 0 Å². The SMILES string of the molecule is CCN1C[C@@]2(COC)C3[C@@H](OC)C4C1C3(C1CC3(O)[C@H](OC(=O)c5ccccc5)[C@@H]1[C@@H]4C(=O)[C@@H]3OC)[C@@H](OC)C[C@H]2O. The third-order valence-corrected chi connectivity index (χ3v) is 12.5. The largest absolute Gasteiger partial charge is 0.455 e. The highest BCUT2D eigenvalue weighted by Gasteiger charge is 2.87. The maximum atomic E-state index is 14.5. The van der Waals surface area contributed by atoms with E-state index in [9.17, 15) is 19.8 Å². The average Bonchev–Trinajstić information content (AvgIpc) is 3.33. The number of aliphatic hydroxyl groups is 2. The molecule has 14 atom stereocenters. The molecule has 1 heterocycles. The Morgan fingerprint density at radius 1 is 1.07 bits per heavy atom. The highest BCUT2D eigenvalue weighted by molar-refractivity contribution is 5.92. The van der Waals surface area contributed by atoms with E-state index in [1.54, 1.807) is 45.6 Å². The summed E-state index contributed by atoms with van der Waals surface area (Å²) in [6.45, 7) is 3.77. The third-order valence-electron chi connectivity index (χ3n) is 12.5. The van der Waals surface area contributed by atoms with Crippen molar-refractivity contribution in [2.24, 2.45) is 40.4 Å². The number of carbonyl (C=O) groups excluding carboxylic acids is 2. The van der Waals surface area contributed by atoms with E-state index in [2.05, 4.69) is 11.8 Å². The van der Waals surface area contributed by atoms with Gasteiger partial charge in [0.2, 0.25) is 0 Å². The van der Waals surface area contributed by atoms with Crippen LogP contribution in [0, 0.1) is 40.4 Å². The first kappa shape index (κ1) is 28.8. The van der Waals surface area contributed by atoms with Crippen LogP contribution in [0.25, 0.3) is 0 Å². The molecule has 1 aliphatic heterocycles. The van der Waals surface area contributed by atoms with Crippen LogP contribution >= 0.6 is 0 Å². The van der Waals surface area contributed by atoms with Crippen molar-refractivity contribution in [1.29, 1.82) is 0 Å². The topological polar surface area (TPSA) is 124 Å². The molecule has 1 saturated heterocycles. The standard InChI is InChI=1S/C32H43NO9/c1-6-33-14-30(15-38-2)18(34)12-19(39-3)32-17-13-31(37)27(42-29(36)16-10-8-7-9-11-16)20(17)21(23(35)28(31)41-5)22(26(32)33)24(40-4)25(30)32/h7-11,17-22,24-28,34,37H,6,12-15H2,1-5H3/t17?,18-,19+,20+,21+,22?,24+,25?,26?,27-,28+,30+,31?,32?/m1/s1. The molecule has 6 aliphatic rings. The number of carbonyl (C=O) groups is 2. The number of hydrogen-bond acceptors (Lipinski definition) is 10. The number of aliphatic hydroxyl groups excluding tert-OH is 1. The molecule has 0 radical (unpaired) electrons. The van der Waals surface area contributed by atoms with Gasteiger partial charge in [0.1, 0.15) is 17.8 Å². The number of rotatable bonds is 8. The number of benzene rings is 1. The Labute approximate surface area is 246 Å². The van der Waals surface area contributed by atoms with Crippen LogP contribution in [0.4, 0.5) is 0 Å². The molecule has 1 spiro atoms. The zero-order valence-corrected chi connectivity index (χ0v) is 25.0. The minimum absolute atomic E-state index is 0.0847. The van der Waals surface area contributed by atoms with Crippen molar-refractivity contribution in [3.63, 3.8) is 0 Å². The number of fused-ring (bicyclic) bond motifs is 2. The Balaban J connectivity index is 1.45. The maximum absolute atomic E-state index is 14.5. The van der Waals surface area contributed by atoms with E-state index in [1.807, 2.05) is 6.07 Å². The quantitative estimate of drug-likeness (QED) is 0.430. The van der Waals surface area contributed by atoms with Crippen molar-refractivity contribution >= 4 is 11.8 Å². The zero-order valence-electron chi connectivity index (χ0n) is 25.0. The van der Waals surface area contributed by atoms with Crippen molar-refractivity contribution < 1.29 is 43.5 Å². The summed E-state index contributed by atoms with van der Waals surface area (Å²) in [6.07, 6.45) is -2.90. The van der Waals surface area contributed by atoms with E-state index < -0.39 is 52.5 Å². The molecule has 0 amide bonds. The Kier molecular flexibility index (Phi) is 6.72. The van der Waals surface area contributed by atoms with Crippen LogP contribution in [0.1, 0.15) is 30.1 Å². The monoisotopic (exact) mass is 585 g/mol. The number of ketones is 1. The lowest BCUT2D eigenvalue weighted by molar-refractivity contribution is -0.280. The number of ether oxygens (including phenoxy) is 5. The highest BCUT2D eigenvalue weighted by atomic mass is 16.6. The first-order chi connectivity index (χ1) is 20.2. The Bertz CT molecular complexity index is 1250. The van der Waals surface area contributed by atoms with Crippen molar-refractivity contribution in [2.75, 3.05) is 48.1 Å². The predicted molar refractivity (Wildman–Crippen MR) is 148 cm³/mol. The summed E-state index contributed by atoms with van der Waals surface area (Å²) in [5.74, 6) is -2.42. The lowest BCUT2D eigenvalue weighted by Crippen LogP contribution is -2.77. The van der Waals surface area contributed by atoms with E-state index in [0.29, 0.717) is 31.7 Å². The van der Waals surface area contributed by atoms with E-state index in [0.717, 1.165) is 0 Å². The lowest BCUT2D eigenvalue weighted by atomic mass is 9.43. The van der Waals surface area contributed by atoms with Crippen LogP contribution in [-0.2, 0) is 28.5 Å². The van der Waals surface area contributed by atoms with E-state index in [1.165, 1.54) is 7.11 Å². The summed E-state index contributed by atoms with van der Waals surface area (Å²) in [7, 11) is 6.49. The van der Waals surface area contributed by atoms with Crippen LogP contribution in [-0.4, -0.2) is 117 Å². The Hall–Kier alpha value is -1.92. The Morgan fingerprint density at radius 3 is 2.43 bits per heavy atom. The van der Waals surface area contributed by atoms with Gasteiger partial charge in [0.15, 0.2) is 5.78 Å². The normalized spacial score (nSPS) is 50.2. The maximum Gasteiger partial charge on any atom is 0.338 e. The number of likely N-dealkylation sites (tertiary alicyclic amines) is 1. The molecule has 6 fully saturated rings. The minimum atomic E-state index is -1.70. The fraction of sp³-hybridized carbons (Fsp3) is 0.750. The molecule has 5 aliphatic carbocycles. The molecule has 5 saturated carbocycles. The van der Waals surface area contributed by atoms with Crippen molar-refractivity contribution in [2.45, 2.75) is 61.9 Å². The van der Waals surface area contributed by atoms with E-state index in [-0.39, 0.29) is 48.2 Å². The first-order valence-electron chi connectivity index (χ1n) is 15.2. The van der Waals surface area contributed by atoms with Gasteiger partial charge < -0.3 is 33.9 Å². The minimum Gasteiger partial charge on any atom is -0.455 e. The van der Waals surface area contributed by atoms with Gasteiger partial charge in [0.25, 0.3) is 0 Å². The number of hydrogen-bond donors (Lipinski definition) is 2. The molecule has 230 valence electrons. The lowest BCUT2D eigenvalue weighted by Gasteiger charge is -2.69. The number of piperidine rings is 1. The van der Waals surface area contributed by atoms with Gasteiger partial charge in [-0.25, -0.2) is 4.79 Å². The summed E-state index contributed by atoms with van der Waals surface area (Å²) < 4.78 is 30.6. The van der Waals surface area contributed by atoms with Crippen molar-refractivity contribution in [3.05, 3.63) is 35.9 Å². The predicted octanol–water partition coefficient (Wildman–Crippen LogP) is 1.17. The first-order valence-corrected chi connectivity index (χ1v) is 15.2. The summed E-state index contributed by atoms with van der Waals surface area (Å²) >= 11 is 0. The van der Waals surface area contributed by atoms with Crippen molar-refractivity contribution in [3.8, 4) is 0 Å². The fourth-order valence-corrected chi connectivity index (χ4v) is 11.7. The number of Topliss-reactive ketones (excluding diaryl/α,β-unsaturated/α-hetero) is 1. The van der Waals surface area contributed by atoms with Crippen molar-refractivity contribution in [1.82, 2.24) is 4.90 Å². The smallest absolute Gasteiger partial charge is 0.338 e. The van der Waals surface area contributed by atoms with Crippen LogP contribution < -0.4 is 0 Å². The molecule has 10 heteroatoms. The number of nitrogens with zero attached hydrogens (tertiary/aromatic N) is 1. The van der Waals surface area contributed by atoms with Gasteiger partial charge in [-0.3, -0.25) is 9.69 Å². The van der Waals surface area contributed by atoms with Gasteiger partial charge in [-0.1, -0.05) is 25.1 Å². The van der Waals surface area contributed by atoms with Crippen LogP contribution in [0.5, 0.6) is 0 Å². The molecular weight excluding hydrogens is 542 g/mol. The molecule has 6 unspecified atom stereocenters. The van der Waals surface area contributed by atoms with E-state index in [4.69, 9.17) is 23.7 Å². The molecule has 1 aromatic carbocycles. The number of methoxy groups -OCH3 is 4. The summed E-state index contributed by atoms with van der Waals surface area (Å²) in [6, 6.07) is 8.65. The van der Waals surface area contributed by atoms with Gasteiger partial charge >= 0.3 is 5.97 Å². The molecular formula is C32H43NO9. The second-order valence-electron chi connectivity index (χ2n) is 13.5.